The lowest BCUT2D eigenvalue weighted by Crippen LogP contribution is -2.61. The van der Waals surface area contributed by atoms with E-state index in [0.717, 1.165) is 34.1 Å². The molecular weight excluding hydrogens is 932 g/mol. The fraction of sp³-hybridized carbons (Fsp3) is 0. The number of fused-ring (bicyclic) bond motifs is 11. The Morgan fingerprint density at radius 3 is 1.23 bits per heavy atom. The van der Waals surface area contributed by atoms with Crippen LogP contribution >= 0.6 is 0 Å². The number of nitrogens with zero attached hydrogens (tertiary/aromatic N) is 4. The van der Waals surface area contributed by atoms with Crippen molar-refractivity contribution in [2.24, 2.45) is 0 Å². The molecule has 0 spiro atoms. The minimum Gasteiger partial charge on any atom is -0.311 e. The zero-order valence-corrected chi connectivity index (χ0v) is 42.0. The van der Waals surface area contributed by atoms with Gasteiger partial charge >= 0.3 is 0 Å². The Labute approximate surface area is 447 Å². The Kier molecular flexibility index (Phi) is 9.70. The third-order valence-electron chi connectivity index (χ3n) is 16.3. The fourth-order valence-electron chi connectivity index (χ4n) is 12.9. The van der Waals surface area contributed by atoms with Gasteiger partial charge in [0.1, 0.15) is 0 Å². The van der Waals surface area contributed by atoms with Crippen LogP contribution in [0.25, 0.3) is 88.4 Å². The second kappa shape index (κ2) is 17.2. The molecule has 0 radical (unpaired) electrons. The average molecular weight is 979 g/mol. The van der Waals surface area contributed by atoms with Crippen LogP contribution in [0.5, 0.6) is 0 Å². The van der Waals surface area contributed by atoms with E-state index in [4.69, 9.17) is 0 Å². The maximum Gasteiger partial charge on any atom is 0.252 e. The third kappa shape index (κ3) is 6.67. The Bertz CT molecular complexity index is 4550. The molecule has 0 amide bonds. The predicted molar refractivity (Wildman–Crippen MR) is 325 cm³/mol. The van der Waals surface area contributed by atoms with E-state index in [9.17, 15) is 0 Å². The van der Waals surface area contributed by atoms with E-state index >= 15 is 0 Å². The van der Waals surface area contributed by atoms with Crippen molar-refractivity contribution in [1.29, 1.82) is 0 Å². The number of aromatic nitrogens is 2. The molecule has 2 aliphatic rings. The Morgan fingerprint density at radius 1 is 0.247 bits per heavy atom. The first-order valence-electron chi connectivity index (χ1n) is 26.6. The molecule has 2 aromatic heterocycles. The zero-order chi connectivity index (χ0) is 50.6. The van der Waals surface area contributed by atoms with Crippen molar-refractivity contribution < 1.29 is 0 Å². The summed E-state index contributed by atoms with van der Waals surface area (Å²) in [5.41, 5.74) is 24.7. The standard InChI is InChI=1S/C72H47BN4/c1-5-19-48(20-6-1)51-33-38-55(39-34-51)75-67-45-53(50-23-9-3-10-24-50)37-42-61(67)73-62-43-44-66-70(60-29-15-18-32-65(60)74(66)54-25-11-4-12-26-54)72(62)77(56-40-35-52(36-41-56)49-21-7-2-8-22-49)69-47-57(46-68(75)71(69)73)76-63-30-16-13-27-58(63)59-28-14-17-31-64(59)76/h1-47H. The molecule has 0 aliphatic carbocycles. The number of para-hydroxylation sites is 4. The zero-order valence-electron chi connectivity index (χ0n) is 42.0. The molecule has 358 valence electrons. The first-order valence-corrected chi connectivity index (χ1v) is 26.6. The summed E-state index contributed by atoms with van der Waals surface area (Å²) in [5, 5.41) is 4.90. The molecular formula is C72H47BN4. The van der Waals surface area contributed by atoms with Gasteiger partial charge < -0.3 is 18.9 Å². The van der Waals surface area contributed by atoms with Crippen molar-refractivity contribution in [1.82, 2.24) is 9.13 Å². The quantitative estimate of drug-likeness (QED) is 0.148. The van der Waals surface area contributed by atoms with Gasteiger partial charge in [-0.3, -0.25) is 0 Å². The molecule has 0 unspecified atom stereocenters. The summed E-state index contributed by atoms with van der Waals surface area (Å²) in [6, 6.07) is 105. The van der Waals surface area contributed by atoms with Crippen LogP contribution in [-0.2, 0) is 0 Å². The highest BCUT2D eigenvalue weighted by atomic mass is 15.2. The predicted octanol–water partition coefficient (Wildman–Crippen LogP) is 17.0. The van der Waals surface area contributed by atoms with Crippen LogP contribution in [0, 0.1) is 0 Å². The van der Waals surface area contributed by atoms with Crippen LogP contribution in [-0.4, -0.2) is 15.8 Å². The fourth-order valence-corrected chi connectivity index (χ4v) is 12.9. The van der Waals surface area contributed by atoms with Crippen LogP contribution in [0.3, 0.4) is 0 Å². The number of hydrogen-bond donors (Lipinski definition) is 0. The molecule has 16 rings (SSSR count). The molecule has 0 bridgehead atoms. The Morgan fingerprint density at radius 2 is 0.662 bits per heavy atom. The lowest BCUT2D eigenvalue weighted by molar-refractivity contribution is 1.16. The molecule has 0 fully saturated rings. The van der Waals surface area contributed by atoms with Crippen LogP contribution in [0.4, 0.5) is 34.1 Å². The molecule has 12 aromatic carbocycles. The maximum atomic E-state index is 2.61. The van der Waals surface area contributed by atoms with E-state index in [-0.39, 0.29) is 6.71 Å². The van der Waals surface area contributed by atoms with Crippen molar-refractivity contribution >= 4 is 101 Å². The van der Waals surface area contributed by atoms with E-state index in [0.29, 0.717) is 0 Å². The Hall–Kier alpha value is -10.1. The van der Waals surface area contributed by atoms with Crippen molar-refractivity contribution in [3.63, 3.8) is 0 Å². The van der Waals surface area contributed by atoms with Gasteiger partial charge in [0, 0.05) is 55.7 Å². The summed E-state index contributed by atoms with van der Waals surface area (Å²) in [6.07, 6.45) is 0. The van der Waals surface area contributed by atoms with Crippen molar-refractivity contribution in [3.05, 3.63) is 285 Å². The van der Waals surface area contributed by atoms with Crippen LogP contribution in [0.1, 0.15) is 0 Å². The number of benzene rings is 12. The van der Waals surface area contributed by atoms with Crippen LogP contribution in [0.15, 0.2) is 285 Å². The summed E-state index contributed by atoms with van der Waals surface area (Å²) in [5.74, 6) is 0. The van der Waals surface area contributed by atoms with Gasteiger partial charge in [0.05, 0.1) is 33.4 Å². The Balaban J connectivity index is 1.06. The molecule has 0 saturated carbocycles. The van der Waals surface area contributed by atoms with Gasteiger partial charge in [-0.15, -0.1) is 0 Å². The van der Waals surface area contributed by atoms with E-state index < -0.39 is 0 Å². The highest BCUT2D eigenvalue weighted by molar-refractivity contribution is 7.00. The molecule has 77 heavy (non-hydrogen) atoms. The largest absolute Gasteiger partial charge is 0.311 e. The van der Waals surface area contributed by atoms with E-state index in [2.05, 4.69) is 304 Å². The van der Waals surface area contributed by atoms with E-state index in [1.54, 1.807) is 0 Å². The SMILES string of the molecule is c1ccc(-c2ccc(N3c4cc(-c5ccccc5)ccc4B4c5ccc6c(c5N(c5ccc(-c7ccccc7)cc5)c5cc(-n7c8ccccc8c8ccccc87)cc3c54)c3ccccc3n6-c3ccccc3)cc2)cc1. The van der Waals surface area contributed by atoms with Crippen molar-refractivity contribution in [3.8, 4) is 44.8 Å². The first kappa shape index (κ1) is 43.3. The van der Waals surface area contributed by atoms with Crippen LogP contribution in [0.2, 0.25) is 0 Å². The maximum absolute atomic E-state index is 2.61. The molecule has 0 atom stereocenters. The smallest absolute Gasteiger partial charge is 0.252 e. The van der Waals surface area contributed by atoms with E-state index in [1.807, 2.05) is 0 Å². The van der Waals surface area contributed by atoms with Gasteiger partial charge in [-0.25, -0.2) is 0 Å². The highest BCUT2D eigenvalue weighted by Crippen LogP contribution is 2.50. The van der Waals surface area contributed by atoms with Crippen molar-refractivity contribution in [2.75, 3.05) is 9.80 Å². The van der Waals surface area contributed by atoms with Gasteiger partial charge in [0.25, 0.3) is 6.71 Å². The minimum absolute atomic E-state index is 0.120. The number of hydrogen-bond acceptors (Lipinski definition) is 2. The lowest BCUT2D eigenvalue weighted by Gasteiger charge is -2.45. The number of rotatable bonds is 7. The lowest BCUT2D eigenvalue weighted by atomic mass is 9.33. The molecule has 5 heteroatoms. The molecule has 2 aliphatic heterocycles. The molecule has 0 N–H and O–H groups in total. The van der Waals surface area contributed by atoms with Gasteiger partial charge in [0.2, 0.25) is 0 Å². The summed E-state index contributed by atoms with van der Waals surface area (Å²) >= 11 is 0. The summed E-state index contributed by atoms with van der Waals surface area (Å²) in [7, 11) is 0. The highest BCUT2D eigenvalue weighted by Gasteiger charge is 2.45. The summed E-state index contributed by atoms with van der Waals surface area (Å²) in [4.78, 5) is 5.17. The monoisotopic (exact) mass is 978 g/mol. The average Bonchev–Trinajstić information content (AvgIpc) is 4.27. The second-order valence-corrected chi connectivity index (χ2v) is 20.4. The molecule has 4 nitrogen and oxygen atoms in total. The van der Waals surface area contributed by atoms with E-state index in [1.165, 1.54) is 105 Å². The molecule has 14 aromatic rings. The minimum atomic E-state index is -0.120. The summed E-state index contributed by atoms with van der Waals surface area (Å²) in [6.45, 7) is -0.120. The van der Waals surface area contributed by atoms with Gasteiger partial charge in [0.15, 0.2) is 0 Å². The van der Waals surface area contributed by atoms with Gasteiger partial charge in [-0.2, -0.15) is 0 Å². The number of anilines is 6. The molecule has 0 saturated heterocycles. The van der Waals surface area contributed by atoms with Crippen LogP contribution < -0.4 is 26.2 Å². The molecule has 4 heterocycles. The topological polar surface area (TPSA) is 16.3 Å². The van der Waals surface area contributed by atoms with Gasteiger partial charge in [-0.05, 0) is 129 Å². The third-order valence-corrected chi connectivity index (χ3v) is 16.3. The normalized spacial score (nSPS) is 12.6. The first-order chi connectivity index (χ1) is 38.2. The summed E-state index contributed by atoms with van der Waals surface area (Å²) < 4.78 is 4.95. The van der Waals surface area contributed by atoms with Gasteiger partial charge in [-0.1, -0.05) is 206 Å². The van der Waals surface area contributed by atoms with Crippen molar-refractivity contribution in [2.45, 2.75) is 0 Å². The second-order valence-electron chi connectivity index (χ2n) is 20.4.